The van der Waals surface area contributed by atoms with Crippen LogP contribution in [-0.4, -0.2) is 21.2 Å². The SMILES string of the molecule is O=C(CSc1nc2c(n1-c1ccccc1)CCCC2)Nc1ccccc1Br. The molecule has 0 saturated carbocycles. The molecule has 0 aliphatic heterocycles. The van der Waals surface area contributed by atoms with Crippen LogP contribution >= 0.6 is 27.7 Å². The second-order valence-corrected chi connectivity index (χ2v) is 8.28. The number of fused-ring (bicyclic) bond motifs is 1. The van der Waals surface area contributed by atoms with E-state index in [1.54, 1.807) is 0 Å². The standard InChI is InChI=1S/C21H20BrN3OS/c22-16-10-4-5-11-17(16)23-20(26)14-27-21-24-18-12-6-7-13-19(18)25(21)15-8-2-1-3-9-15/h1-5,8-11H,6-7,12-14H2,(H,23,26). The number of nitrogens with zero attached hydrogens (tertiary/aromatic N) is 2. The number of aryl methyl sites for hydroxylation is 1. The molecule has 1 aliphatic rings. The molecule has 1 aromatic heterocycles. The number of imidazole rings is 1. The van der Waals surface area contributed by atoms with E-state index in [4.69, 9.17) is 4.98 Å². The Kier molecular flexibility index (Phi) is 5.64. The van der Waals surface area contributed by atoms with E-state index < -0.39 is 0 Å². The Balaban J connectivity index is 1.54. The quantitative estimate of drug-likeness (QED) is 0.550. The summed E-state index contributed by atoms with van der Waals surface area (Å²) in [7, 11) is 0. The molecule has 0 saturated heterocycles. The fourth-order valence-electron chi connectivity index (χ4n) is 3.33. The van der Waals surface area contributed by atoms with Crippen molar-refractivity contribution in [1.82, 2.24) is 9.55 Å². The number of nitrogens with one attached hydrogen (secondary N) is 1. The molecule has 138 valence electrons. The maximum Gasteiger partial charge on any atom is 0.234 e. The number of thioether (sulfide) groups is 1. The molecule has 1 aliphatic carbocycles. The molecule has 2 aromatic carbocycles. The Hall–Kier alpha value is -2.05. The van der Waals surface area contributed by atoms with Crippen LogP contribution in [0, 0.1) is 0 Å². The molecule has 4 nitrogen and oxygen atoms in total. The molecule has 1 amide bonds. The van der Waals surface area contributed by atoms with Crippen LogP contribution in [0.4, 0.5) is 5.69 Å². The molecule has 3 aromatic rings. The molecule has 0 unspecified atom stereocenters. The normalized spacial score (nSPS) is 13.2. The highest BCUT2D eigenvalue weighted by Crippen LogP contribution is 2.31. The molecular formula is C21H20BrN3OS. The van der Waals surface area contributed by atoms with Gasteiger partial charge in [-0.15, -0.1) is 0 Å². The number of halogens is 1. The van der Waals surface area contributed by atoms with Crippen molar-refractivity contribution in [3.05, 3.63) is 70.5 Å². The molecule has 27 heavy (non-hydrogen) atoms. The summed E-state index contributed by atoms with van der Waals surface area (Å²) in [5.41, 5.74) is 4.37. The van der Waals surface area contributed by atoms with Crippen molar-refractivity contribution in [3.63, 3.8) is 0 Å². The fraction of sp³-hybridized carbons (Fsp3) is 0.238. The number of carbonyl (C=O) groups excluding carboxylic acids is 1. The van der Waals surface area contributed by atoms with Gasteiger partial charge in [-0.2, -0.15) is 0 Å². The lowest BCUT2D eigenvalue weighted by Crippen LogP contribution is -2.15. The molecule has 0 atom stereocenters. The molecule has 1 heterocycles. The van der Waals surface area contributed by atoms with Gasteiger partial charge in [-0.1, -0.05) is 42.1 Å². The maximum absolute atomic E-state index is 12.4. The first kappa shape index (κ1) is 18.3. The van der Waals surface area contributed by atoms with Crippen LogP contribution in [0.25, 0.3) is 5.69 Å². The zero-order valence-electron chi connectivity index (χ0n) is 14.8. The molecule has 6 heteroatoms. The zero-order valence-corrected chi connectivity index (χ0v) is 17.2. The monoisotopic (exact) mass is 441 g/mol. The van der Waals surface area contributed by atoms with E-state index in [0.29, 0.717) is 5.75 Å². The van der Waals surface area contributed by atoms with Gasteiger partial charge in [0.05, 0.1) is 17.1 Å². The van der Waals surface area contributed by atoms with Crippen LogP contribution in [-0.2, 0) is 17.6 Å². The van der Waals surface area contributed by atoms with E-state index in [1.807, 2.05) is 42.5 Å². The first-order valence-electron chi connectivity index (χ1n) is 9.05. The van der Waals surface area contributed by atoms with Crippen molar-refractivity contribution in [2.24, 2.45) is 0 Å². The highest BCUT2D eigenvalue weighted by Gasteiger charge is 2.21. The first-order chi connectivity index (χ1) is 13.2. The lowest BCUT2D eigenvalue weighted by molar-refractivity contribution is -0.113. The predicted molar refractivity (Wildman–Crippen MR) is 114 cm³/mol. The summed E-state index contributed by atoms with van der Waals surface area (Å²) in [6.45, 7) is 0. The lowest BCUT2D eigenvalue weighted by atomic mass is 10.0. The number of rotatable bonds is 5. The van der Waals surface area contributed by atoms with Gasteiger partial charge >= 0.3 is 0 Å². The average Bonchev–Trinajstić information content (AvgIpc) is 3.07. The largest absolute Gasteiger partial charge is 0.324 e. The van der Waals surface area contributed by atoms with E-state index >= 15 is 0 Å². The smallest absolute Gasteiger partial charge is 0.234 e. The third-order valence-corrected chi connectivity index (χ3v) is 6.23. The minimum absolute atomic E-state index is 0.0347. The van der Waals surface area contributed by atoms with Gasteiger partial charge in [-0.25, -0.2) is 4.98 Å². The molecule has 0 bridgehead atoms. The van der Waals surface area contributed by atoms with Crippen LogP contribution in [0.2, 0.25) is 0 Å². The van der Waals surface area contributed by atoms with Crippen LogP contribution in [0.15, 0.2) is 64.2 Å². The van der Waals surface area contributed by atoms with Gasteiger partial charge in [0.1, 0.15) is 0 Å². The Morgan fingerprint density at radius 2 is 1.81 bits per heavy atom. The summed E-state index contributed by atoms with van der Waals surface area (Å²) >= 11 is 4.96. The number of carbonyl (C=O) groups is 1. The predicted octanol–water partition coefficient (Wildman–Crippen LogP) is 5.24. The Labute approximate surface area is 171 Å². The van der Waals surface area contributed by atoms with Crippen LogP contribution in [0.1, 0.15) is 24.2 Å². The van der Waals surface area contributed by atoms with E-state index in [-0.39, 0.29) is 5.91 Å². The van der Waals surface area contributed by atoms with Crippen molar-refractivity contribution in [2.45, 2.75) is 30.8 Å². The van der Waals surface area contributed by atoms with Gasteiger partial charge in [0, 0.05) is 15.9 Å². The summed E-state index contributed by atoms with van der Waals surface area (Å²) in [6, 6.07) is 17.9. The summed E-state index contributed by atoms with van der Waals surface area (Å²) in [4.78, 5) is 17.3. The van der Waals surface area contributed by atoms with E-state index in [2.05, 4.69) is 37.9 Å². The Morgan fingerprint density at radius 3 is 2.63 bits per heavy atom. The molecular weight excluding hydrogens is 422 g/mol. The van der Waals surface area contributed by atoms with Gasteiger partial charge < -0.3 is 5.32 Å². The summed E-state index contributed by atoms with van der Waals surface area (Å²) in [6.07, 6.45) is 4.44. The van der Waals surface area contributed by atoms with Gasteiger partial charge in [0.2, 0.25) is 5.91 Å². The van der Waals surface area contributed by atoms with Gasteiger partial charge in [-0.05, 0) is 65.9 Å². The Morgan fingerprint density at radius 1 is 1.07 bits per heavy atom. The lowest BCUT2D eigenvalue weighted by Gasteiger charge is -2.15. The topological polar surface area (TPSA) is 46.9 Å². The van der Waals surface area contributed by atoms with Gasteiger partial charge in [0.25, 0.3) is 0 Å². The number of amides is 1. The molecule has 0 radical (unpaired) electrons. The fourth-order valence-corrected chi connectivity index (χ4v) is 4.57. The zero-order chi connectivity index (χ0) is 18.6. The summed E-state index contributed by atoms with van der Waals surface area (Å²) < 4.78 is 3.11. The number of aromatic nitrogens is 2. The van der Waals surface area contributed by atoms with Gasteiger partial charge in [-0.3, -0.25) is 9.36 Å². The van der Waals surface area contributed by atoms with Crippen LogP contribution in [0.5, 0.6) is 0 Å². The number of benzene rings is 2. The first-order valence-corrected chi connectivity index (χ1v) is 10.8. The molecule has 4 rings (SSSR count). The Bertz CT molecular complexity index is 955. The van der Waals surface area contributed by atoms with Crippen molar-refractivity contribution in [3.8, 4) is 5.69 Å². The van der Waals surface area contributed by atoms with Crippen molar-refractivity contribution < 1.29 is 4.79 Å². The van der Waals surface area contributed by atoms with Crippen LogP contribution < -0.4 is 5.32 Å². The number of para-hydroxylation sites is 2. The highest BCUT2D eigenvalue weighted by atomic mass is 79.9. The number of anilines is 1. The minimum atomic E-state index is -0.0347. The third kappa shape index (κ3) is 4.12. The average molecular weight is 442 g/mol. The van der Waals surface area contributed by atoms with Crippen LogP contribution in [0.3, 0.4) is 0 Å². The van der Waals surface area contributed by atoms with Crippen molar-refractivity contribution >= 4 is 39.3 Å². The second kappa shape index (κ2) is 8.31. The second-order valence-electron chi connectivity index (χ2n) is 6.48. The minimum Gasteiger partial charge on any atom is -0.324 e. The maximum atomic E-state index is 12.4. The van der Waals surface area contributed by atoms with Crippen molar-refractivity contribution in [2.75, 3.05) is 11.1 Å². The van der Waals surface area contributed by atoms with Gasteiger partial charge in [0.15, 0.2) is 5.16 Å². The van der Waals surface area contributed by atoms with E-state index in [9.17, 15) is 4.79 Å². The summed E-state index contributed by atoms with van der Waals surface area (Å²) in [5, 5.41) is 3.86. The van der Waals surface area contributed by atoms with E-state index in [1.165, 1.54) is 36.0 Å². The molecule has 0 spiro atoms. The highest BCUT2D eigenvalue weighted by molar-refractivity contribution is 9.10. The van der Waals surface area contributed by atoms with E-state index in [0.717, 1.165) is 33.8 Å². The molecule has 0 fully saturated rings. The van der Waals surface area contributed by atoms with Crippen molar-refractivity contribution in [1.29, 1.82) is 0 Å². The molecule has 1 N–H and O–H groups in total. The third-order valence-electron chi connectivity index (χ3n) is 4.60. The summed E-state index contributed by atoms with van der Waals surface area (Å²) in [5.74, 6) is 0.289. The number of hydrogen-bond acceptors (Lipinski definition) is 3. The number of hydrogen-bond donors (Lipinski definition) is 1.